The molecule has 0 saturated heterocycles. The SMILES string of the molecule is CCCCCCC/C=C\C/C=C\CCCCCCCCCCCC(=O)OC(CC)CC(=O)O. The van der Waals surface area contributed by atoms with E-state index in [2.05, 4.69) is 31.2 Å². The summed E-state index contributed by atoms with van der Waals surface area (Å²) in [6, 6.07) is 0. The fourth-order valence-electron chi connectivity index (χ4n) is 3.85. The number of carboxylic acid groups (broad SMARTS) is 1. The van der Waals surface area contributed by atoms with E-state index in [9.17, 15) is 9.59 Å². The van der Waals surface area contributed by atoms with Gasteiger partial charge in [-0.3, -0.25) is 9.59 Å². The number of hydrogen-bond acceptors (Lipinski definition) is 3. The zero-order valence-electron chi connectivity index (χ0n) is 21.7. The van der Waals surface area contributed by atoms with E-state index in [1.54, 1.807) is 0 Å². The Hall–Kier alpha value is -1.58. The Morgan fingerprint density at radius 2 is 1.18 bits per heavy atom. The monoisotopic (exact) mass is 464 g/mol. The van der Waals surface area contributed by atoms with Gasteiger partial charge in [0.25, 0.3) is 0 Å². The van der Waals surface area contributed by atoms with Crippen molar-refractivity contribution in [3.05, 3.63) is 24.3 Å². The average Bonchev–Trinajstić information content (AvgIpc) is 2.79. The summed E-state index contributed by atoms with van der Waals surface area (Å²) in [6.45, 7) is 4.10. The van der Waals surface area contributed by atoms with E-state index < -0.39 is 12.1 Å². The quantitative estimate of drug-likeness (QED) is 0.0879. The molecule has 1 atom stereocenters. The first kappa shape index (κ1) is 31.4. The highest BCUT2D eigenvalue weighted by Gasteiger charge is 2.15. The van der Waals surface area contributed by atoms with Gasteiger partial charge < -0.3 is 9.84 Å². The summed E-state index contributed by atoms with van der Waals surface area (Å²) < 4.78 is 5.23. The molecule has 0 spiro atoms. The standard InChI is InChI=1S/C29H52O4/c1-3-5-6-7-8-9-10-11-12-13-14-15-16-17-18-19-20-21-22-23-24-25-29(32)33-27(4-2)26-28(30)31/h10-11,13-14,27H,3-9,12,15-26H2,1-2H3,(H,30,31)/b11-10-,14-13-. The molecule has 0 aromatic rings. The first-order chi connectivity index (χ1) is 16.1. The zero-order valence-corrected chi connectivity index (χ0v) is 21.7. The molecule has 0 aliphatic carbocycles. The number of ether oxygens (including phenoxy) is 1. The third kappa shape index (κ3) is 24.9. The fraction of sp³-hybridized carbons (Fsp3) is 0.793. The van der Waals surface area contributed by atoms with Crippen LogP contribution in [0.2, 0.25) is 0 Å². The van der Waals surface area contributed by atoms with Crippen LogP contribution in [0.25, 0.3) is 0 Å². The van der Waals surface area contributed by atoms with Crippen LogP contribution in [0, 0.1) is 0 Å². The molecule has 0 amide bonds. The van der Waals surface area contributed by atoms with Crippen LogP contribution in [-0.4, -0.2) is 23.1 Å². The molecule has 0 aromatic carbocycles. The van der Waals surface area contributed by atoms with Gasteiger partial charge in [0.2, 0.25) is 0 Å². The number of hydrogen-bond donors (Lipinski definition) is 1. The van der Waals surface area contributed by atoms with Gasteiger partial charge in [0.15, 0.2) is 0 Å². The average molecular weight is 465 g/mol. The molecule has 0 aromatic heterocycles. The zero-order chi connectivity index (χ0) is 24.4. The minimum Gasteiger partial charge on any atom is -0.481 e. The minimum atomic E-state index is -0.919. The summed E-state index contributed by atoms with van der Waals surface area (Å²) in [4.78, 5) is 22.5. The van der Waals surface area contributed by atoms with Gasteiger partial charge in [-0.25, -0.2) is 0 Å². The Balaban J connectivity index is 3.35. The lowest BCUT2D eigenvalue weighted by Crippen LogP contribution is -2.20. The third-order valence-electron chi connectivity index (χ3n) is 5.99. The topological polar surface area (TPSA) is 63.6 Å². The van der Waals surface area contributed by atoms with Crippen LogP contribution in [0.1, 0.15) is 142 Å². The highest BCUT2D eigenvalue weighted by molar-refractivity contribution is 5.71. The van der Waals surface area contributed by atoms with Crippen molar-refractivity contribution in [2.24, 2.45) is 0 Å². The molecule has 4 nitrogen and oxygen atoms in total. The van der Waals surface area contributed by atoms with Gasteiger partial charge in [-0.05, 0) is 44.9 Å². The maximum Gasteiger partial charge on any atom is 0.307 e. The van der Waals surface area contributed by atoms with E-state index in [1.165, 1.54) is 83.5 Å². The van der Waals surface area contributed by atoms with Gasteiger partial charge in [-0.15, -0.1) is 0 Å². The van der Waals surface area contributed by atoms with Gasteiger partial charge in [0.1, 0.15) is 6.10 Å². The van der Waals surface area contributed by atoms with Crippen LogP contribution in [0.5, 0.6) is 0 Å². The highest BCUT2D eigenvalue weighted by Crippen LogP contribution is 2.13. The van der Waals surface area contributed by atoms with Gasteiger partial charge >= 0.3 is 11.9 Å². The third-order valence-corrected chi connectivity index (χ3v) is 5.99. The van der Waals surface area contributed by atoms with Crippen molar-refractivity contribution in [1.29, 1.82) is 0 Å². The van der Waals surface area contributed by atoms with Crippen molar-refractivity contribution in [3.8, 4) is 0 Å². The second-order valence-corrected chi connectivity index (χ2v) is 9.22. The molecule has 0 saturated carbocycles. The molecule has 192 valence electrons. The second-order valence-electron chi connectivity index (χ2n) is 9.22. The largest absolute Gasteiger partial charge is 0.481 e. The molecule has 0 rings (SSSR count). The highest BCUT2D eigenvalue weighted by atomic mass is 16.5. The maximum absolute atomic E-state index is 11.8. The summed E-state index contributed by atoms with van der Waals surface area (Å²) in [5.41, 5.74) is 0. The molecule has 1 N–H and O–H groups in total. The van der Waals surface area contributed by atoms with E-state index in [1.807, 2.05) is 6.92 Å². The second kappa shape index (κ2) is 25.1. The minimum absolute atomic E-state index is 0.102. The lowest BCUT2D eigenvalue weighted by Gasteiger charge is -2.13. The lowest BCUT2D eigenvalue weighted by molar-refractivity contribution is -0.153. The van der Waals surface area contributed by atoms with Crippen molar-refractivity contribution < 1.29 is 19.4 Å². The van der Waals surface area contributed by atoms with Gasteiger partial charge in [-0.1, -0.05) is 109 Å². The number of carbonyl (C=O) groups excluding carboxylic acids is 1. The molecule has 4 heteroatoms. The first-order valence-electron chi connectivity index (χ1n) is 13.8. The molecule has 0 aliphatic rings. The number of unbranched alkanes of at least 4 members (excludes halogenated alkanes) is 14. The van der Waals surface area contributed by atoms with E-state index in [-0.39, 0.29) is 12.4 Å². The molecule has 0 aliphatic heterocycles. The van der Waals surface area contributed by atoms with E-state index in [0.717, 1.165) is 25.7 Å². The van der Waals surface area contributed by atoms with Crippen molar-refractivity contribution >= 4 is 11.9 Å². The molecule has 0 radical (unpaired) electrons. The van der Waals surface area contributed by atoms with Gasteiger partial charge in [0.05, 0.1) is 6.42 Å². The number of carboxylic acids is 1. The smallest absolute Gasteiger partial charge is 0.307 e. The Kier molecular flexibility index (Phi) is 23.9. The number of aliphatic carboxylic acids is 1. The van der Waals surface area contributed by atoms with Gasteiger partial charge in [-0.2, -0.15) is 0 Å². The van der Waals surface area contributed by atoms with Gasteiger partial charge in [0, 0.05) is 6.42 Å². The summed E-state index contributed by atoms with van der Waals surface area (Å²) in [5.74, 6) is -1.18. The van der Waals surface area contributed by atoms with Crippen molar-refractivity contribution in [1.82, 2.24) is 0 Å². The van der Waals surface area contributed by atoms with Crippen LogP contribution in [0.15, 0.2) is 24.3 Å². The Labute approximate surface area is 204 Å². The number of carbonyl (C=O) groups is 2. The molecule has 0 bridgehead atoms. The molecule has 33 heavy (non-hydrogen) atoms. The number of rotatable bonds is 24. The summed E-state index contributed by atoms with van der Waals surface area (Å²) >= 11 is 0. The molecular weight excluding hydrogens is 412 g/mol. The summed E-state index contributed by atoms with van der Waals surface area (Å²) in [5, 5.41) is 8.79. The Morgan fingerprint density at radius 3 is 1.67 bits per heavy atom. The van der Waals surface area contributed by atoms with E-state index in [0.29, 0.717) is 12.8 Å². The van der Waals surface area contributed by atoms with Crippen molar-refractivity contribution in [2.45, 2.75) is 148 Å². The first-order valence-corrected chi connectivity index (χ1v) is 13.8. The molecule has 0 heterocycles. The van der Waals surface area contributed by atoms with E-state index >= 15 is 0 Å². The predicted molar refractivity (Wildman–Crippen MR) is 139 cm³/mol. The molecule has 0 fully saturated rings. The van der Waals surface area contributed by atoms with Crippen LogP contribution < -0.4 is 0 Å². The summed E-state index contributed by atoms with van der Waals surface area (Å²) in [7, 11) is 0. The van der Waals surface area contributed by atoms with Crippen LogP contribution >= 0.6 is 0 Å². The number of esters is 1. The van der Waals surface area contributed by atoms with Crippen molar-refractivity contribution in [2.75, 3.05) is 0 Å². The normalized spacial score (nSPS) is 12.5. The lowest BCUT2D eigenvalue weighted by atomic mass is 10.1. The Morgan fingerprint density at radius 1 is 0.697 bits per heavy atom. The van der Waals surface area contributed by atoms with Crippen LogP contribution in [0.4, 0.5) is 0 Å². The maximum atomic E-state index is 11.8. The summed E-state index contributed by atoms with van der Waals surface area (Å²) in [6.07, 6.45) is 30.7. The number of allylic oxidation sites excluding steroid dienone is 4. The molecular formula is C29H52O4. The van der Waals surface area contributed by atoms with E-state index in [4.69, 9.17) is 9.84 Å². The predicted octanol–water partition coefficient (Wildman–Crippen LogP) is 8.94. The van der Waals surface area contributed by atoms with Crippen LogP contribution in [-0.2, 0) is 14.3 Å². The fourth-order valence-corrected chi connectivity index (χ4v) is 3.85. The Bertz CT molecular complexity index is 510. The van der Waals surface area contributed by atoms with Crippen LogP contribution in [0.3, 0.4) is 0 Å². The van der Waals surface area contributed by atoms with Crippen molar-refractivity contribution in [3.63, 3.8) is 0 Å². The molecule has 1 unspecified atom stereocenters.